The van der Waals surface area contributed by atoms with Gasteiger partial charge in [0.05, 0.1) is 12.5 Å². The molecule has 0 aliphatic rings. The van der Waals surface area contributed by atoms with Crippen molar-refractivity contribution in [1.29, 1.82) is 0 Å². The molecule has 1 N–H and O–H groups in total. The van der Waals surface area contributed by atoms with Crippen molar-refractivity contribution in [2.75, 3.05) is 0 Å². The van der Waals surface area contributed by atoms with Crippen LogP contribution in [-0.2, 0) is 0 Å². The van der Waals surface area contributed by atoms with Gasteiger partial charge in [0.1, 0.15) is 5.75 Å². The number of para-hydroxylation sites is 1. The van der Waals surface area contributed by atoms with Crippen molar-refractivity contribution in [2.45, 2.75) is 0 Å². The number of fused-ring (bicyclic) bond motifs is 1. The first kappa shape index (κ1) is 10.3. The van der Waals surface area contributed by atoms with E-state index in [1.165, 1.54) is 0 Å². The molecule has 2 aromatic carbocycles. The van der Waals surface area contributed by atoms with Gasteiger partial charge in [-0.3, -0.25) is 0 Å². The lowest BCUT2D eigenvalue weighted by Gasteiger charge is -1.82. The average molecular weight is 212 g/mol. The molecule has 0 bridgehead atoms. The summed E-state index contributed by atoms with van der Waals surface area (Å²) in [6, 6.07) is 16.8. The number of aromatic hydroxyl groups is 1. The van der Waals surface area contributed by atoms with Gasteiger partial charge in [-0.15, -0.1) is 0 Å². The second-order valence-electron chi connectivity index (χ2n) is 3.34. The van der Waals surface area contributed by atoms with Gasteiger partial charge in [-0.05, 0) is 12.1 Å². The molecule has 2 nitrogen and oxygen atoms in total. The minimum atomic E-state index is 0.322. The molecule has 0 fully saturated rings. The molecule has 0 radical (unpaired) electrons. The van der Waals surface area contributed by atoms with Crippen LogP contribution in [-0.4, -0.2) is 5.11 Å². The Bertz CT molecular complexity index is 510. The Balaban J connectivity index is 0.000000125. The Labute approximate surface area is 93.8 Å². The molecule has 0 atom stereocenters. The van der Waals surface area contributed by atoms with Crippen LogP contribution in [0.4, 0.5) is 0 Å². The van der Waals surface area contributed by atoms with Crippen molar-refractivity contribution in [3.05, 3.63) is 67.1 Å². The zero-order chi connectivity index (χ0) is 11.2. The van der Waals surface area contributed by atoms with Crippen molar-refractivity contribution in [2.24, 2.45) is 0 Å². The first-order chi connectivity index (χ1) is 7.86. The summed E-state index contributed by atoms with van der Waals surface area (Å²) >= 11 is 0. The van der Waals surface area contributed by atoms with Gasteiger partial charge in [-0.2, -0.15) is 0 Å². The second kappa shape index (κ2) is 5.03. The van der Waals surface area contributed by atoms with E-state index in [9.17, 15) is 0 Å². The molecule has 16 heavy (non-hydrogen) atoms. The summed E-state index contributed by atoms with van der Waals surface area (Å²) in [6.45, 7) is 0. The molecule has 0 aliphatic heterocycles. The van der Waals surface area contributed by atoms with Crippen molar-refractivity contribution in [3.63, 3.8) is 0 Å². The molecule has 0 unspecified atom stereocenters. The lowest BCUT2D eigenvalue weighted by molar-refractivity contribution is 0.475. The van der Waals surface area contributed by atoms with Crippen molar-refractivity contribution >= 4 is 10.8 Å². The number of hydrogen-bond donors (Lipinski definition) is 1. The van der Waals surface area contributed by atoms with E-state index in [-0.39, 0.29) is 0 Å². The predicted octanol–water partition coefficient (Wildman–Crippen LogP) is 3.83. The Morgan fingerprint density at radius 1 is 0.688 bits per heavy atom. The molecule has 3 aromatic rings. The standard InChI is InChI=1S/C8H6O.C6H6O/c1-2-4-8-6-9-5-7(8)3-1;7-6-4-2-1-3-5-6/h1-6H;1-5,7H. The molecule has 3 rings (SSSR count). The van der Waals surface area contributed by atoms with Gasteiger partial charge in [-0.25, -0.2) is 0 Å². The molecule has 1 aromatic heterocycles. The summed E-state index contributed by atoms with van der Waals surface area (Å²) < 4.78 is 4.96. The highest BCUT2D eigenvalue weighted by molar-refractivity contribution is 5.80. The third-order valence-electron chi connectivity index (χ3n) is 2.14. The summed E-state index contributed by atoms with van der Waals surface area (Å²) in [5.74, 6) is 0.322. The summed E-state index contributed by atoms with van der Waals surface area (Å²) in [7, 11) is 0. The van der Waals surface area contributed by atoms with Crippen LogP contribution in [0.25, 0.3) is 10.8 Å². The molecular formula is C14H12O2. The number of rotatable bonds is 0. The normalized spacial score (nSPS) is 9.50. The van der Waals surface area contributed by atoms with E-state index < -0.39 is 0 Å². The summed E-state index contributed by atoms with van der Waals surface area (Å²) in [4.78, 5) is 0. The topological polar surface area (TPSA) is 33.4 Å². The van der Waals surface area contributed by atoms with Gasteiger partial charge < -0.3 is 9.52 Å². The van der Waals surface area contributed by atoms with E-state index in [1.807, 2.05) is 30.3 Å². The molecule has 2 heteroatoms. The van der Waals surface area contributed by atoms with Crippen LogP contribution in [0.5, 0.6) is 5.75 Å². The van der Waals surface area contributed by atoms with Crippen LogP contribution >= 0.6 is 0 Å². The van der Waals surface area contributed by atoms with Crippen molar-refractivity contribution in [1.82, 2.24) is 0 Å². The minimum Gasteiger partial charge on any atom is -0.508 e. The fraction of sp³-hybridized carbons (Fsp3) is 0. The lowest BCUT2D eigenvalue weighted by atomic mass is 10.2. The van der Waals surface area contributed by atoms with Gasteiger partial charge in [0, 0.05) is 10.8 Å². The molecule has 80 valence electrons. The van der Waals surface area contributed by atoms with E-state index in [4.69, 9.17) is 9.52 Å². The molecule has 1 heterocycles. The smallest absolute Gasteiger partial charge is 0.115 e. The number of benzene rings is 2. The van der Waals surface area contributed by atoms with E-state index in [2.05, 4.69) is 0 Å². The largest absolute Gasteiger partial charge is 0.508 e. The van der Waals surface area contributed by atoms with Crippen LogP contribution in [0.15, 0.2) is 71.5 Å². The van der Waals surface area contributed by atoms with Gasteiger partial charge in [0.2, 0.25) is 0 Å². The number of phenols is 1. The maximum atomic E-state index is 8.63. The molecule has 0 saturated carbocycles. The summed E-state index contributed by atoms with van der Waals surface area (Å²) in [6.07, 6.45) is 3.49. The van der Waals surface area contributed by atoms with Crippen LogP contribution in [0, 0.1) is 0 Å². The first-order valence-corrected chi connectivity index (χ1v) is 5.01. The predicted molar refractivity (Wildman–Crippen MR) is 64.3 cm³/mol. The fourth-order valence-electron chi connectivity index (χ4n) is 1.33. The fourth-order valence-corrected chi connectivity index (χ4v) is 1.33. The first-order valence-electron chi connectivity index (χ1n) is 5.01. The molecular weight excluding hydrogens is 200 g/mol. The van der Waals surface area contributed by atoms with Crippen molar-refractivity contribution in [3.8, 4) is 5.75 Å². The SMILES string of the molecule is Oc1ccccc1.c1ccc2cocc2c1. The van der Waals surface area contributed by atoms with Crippen LogP contribution in [0.2, 0.25) is 0 Å². The third kappa shape index (κ3) is 2.64. The zero-order valence-corrected chi connectivity index (χ0v) is 8.71. The average Bonchev–Trinajstić information content (AvgIpc) is 2.79. The molecule has 0 spiro atoms. The van der Waals surface area contributed by atoms with E-state index in [0.717, 1.165) is 10.8 Å². The van der Waals surface area contributed by atoms with Crippen LogP contribution in [0.3, 0.4) is 0 Å². The third-order valence-corrected chi connectivity index (χ3v) is 2.14. The highest BCUT2D eigenvalue weighted by atomic mass is 16.3. The van der Waals surface area contributed by atoms with Crippen molar-refractivity contribution < 1.29 is 9.52 Å². The summed E-state index contributed by atoms with van der Waals surface area (Å²) in [5, 5.41) is 11.0. The Morgan fingerprint density at radius 2 is 1.19 bits per heavy atom. The van der Waals surface area contributed by atoms with Gasteiger partial charge >= 0.3 is 0 Å². The Morgan fingerprint density at radius 3 is 1.62 bits per heavy atom. The maximum absolute atomic E-state index is 8.63. The summed E-state index contributed by atoms with van der Waals surface area (Å²) in [5.41, 5.74) is 0. The van der Waals surface area contributed by atoms with Crippen LogP contribution < -0.4 is 0 Å². The molecule has 0 amide bonds. The Hall–Kier alpha value is -2.22. The van der Waals surface area contributed by atoms with E-state index >= 15 is 0 Å². The lowest BCUT2D eigenvalue weighted by Crippen LogP contribution is -1.57. The number of hydrogen-bond acceptors (Lipinski definition) is 2. The molecule has 0 saturated heterocycles. The van der Waals surface area contributed by atoms with E-state index in [1.54, 1.807) is 36.8 Å². The highest BCUT2D eigenvalue weighted by Crippen LogP contribution is 2.12. The number of furan rings is 1. The zero-order valence-electron chi connectivity index (χ0n) is 8.71. The van der Waals surface area contributed by atoms with Gasteiger partial charge in [0.25, 0.3) is 0 Å². The quantitative estimate of drug-likeness (QED) is 0.614. The highest BCUT2D eigenvalue weighted by Gasteiger charge is 1.89. The van der Waals surface area contributed by atoms with E-state index in [0.29, 0.717) is 5.75 Å². The minimum absolute atomic E-state index is 0.322. The second-order valence-corrected chi connectivity index (χ2v) is 3.34. The number of phenolic OH excluding ortho intramolecular Hbond substituents is 1. The monoisotopic (exact) mass is 212 g/mol. The van der Waals surface area contributed by atoms with Crippen LogP contribution in [0.1, 0.15) is 0 Å². The molecule has 0 aliphatic carbocycles. The van der Waals surface area contributed by atoms with Gasteiger partial charge in [0.15, 0.2) is 0 Å². The maximum Gasteiger partial charge on any atom is 0.115 e. The Kier molecular flexibility index (Phi) is 3.24. The van der Waals surface area contributed by atoms with Gasteiger partial charge in [-0.1, -0.05) is 42.5 Å².